The maximum Gasteiger partial charge on any atom is 0.248 e. The summed E-state index contributed by atoms with van der Waals surface area (Å²) in [6.45, 7) is 8.43. The lowest BCUT2D eigenvalue weighted by Gasteiger charge is -2.49. The van der Waals surface area contributed by atoms with E-state index in [9.17, 15) is 10.1 Å². The number of nitrogens with zero attached hydrogens (tertiary/aromatic N) is 5. The Morgan fingerprint density at radius 2 is 2.08 bits per heavy atom. The van der Waals surface area contributed by atoms with E-state index >= 15 is 0 Å². The van der Waals surface area contributed by atoms with Crippen LogP contribution in [0.25, 0.3) is 10.9 Å². The number of aromatic nitrogens is 2. The normalized spacial score (nSPS) is 26.1. The van der Waals surface area contributed by atoms with Gasteiger partial charge in [-0.25, -0.2) is 0 Å². The van der Waals surface area contributed by atoms with Crippen molar-refractivity contribution in [3.05, 3.63) is 63.7 Å². The van der Waals surface area contributed by atoms with Gasteiger partial charge in [0.2, 0.25) is 5.56 Å². The molecule has 3 aromatic rings. The van der Waals surface area contributed by atoms with E-state index in [2.05, 4.69) is 38.7 Å². The van der Waals surface area contributed by atoms with Gasteiger partial charge in [-0.2, -0.15) is 5.26 Å². The number of likely N-dealkylation sites (tertiary alicyclic amines) is 1. The molecule has 0 radical (unpaired) electrons. The first kappa shape index (κ1) is 24.5. The number of pyridine rings is 2. The van der Waals surface area contributed by atoms with Crippen LogP contribution in [-0.4, -0.2) is 78.9 Å². The molecule has 0 aliphatic carbocycles. The molecule has 10 nitrogen and oxygen atoms in total. The maximum absolute atomic E-state index is 12.0. The molecular formula is C29H33N7O3. The minimum Gasteiger partial charge on any atom is -0.370 e. The summed E-state index contributed by atoms with van der Waals surface area (Å²) < 4.78 is 12.7. The summed E-state index contributed by atoms with van der Waals surface area (Å²) in [5.41, 5.74) is 11.0. The smallest absolute Gasteiger partial charge is 0.248 e. The number of nitrogens with two attached hydrogens (primary N) is 1. The molecule has 2 aromatic heterocycles. The van der Waals surface area contributed by atoms with Gasteiger partial charge < -0.3 is 30.0 Å². The SMILES string of the molecule is CC1CN(c2ccc(C#N)c3[nH]c(=O)ccc23)CC(CN2CC3(C2)OCc2cc(N4CCC(N)C4)cnc23)O1. The first-order valence-corrected chi connectivity index (χ1v) is 13.7. The number of hydrogen-bond donors (Lipinski definition) is 2. The van der Waals surface area contributed by atoms with Gasteiger partial charge in [0.05, 0.1) is 47.5 Å². The summed E-state index contributed by atoms with van der Waals surface area (Å²) in [5, 5.41) is 10.4. The Labute approximate surface area is 226 Å². The third-order valence-electron chi connectivity index (χ3n) is 8.56. The Hall–Kier alpha value is -3.49. The highest BCUT2D eigenvalue weighted by atomic mass is 16.5. The van der Waals surface area contributed by atoms with E-state index in [1.165, 1.54) is 11.6 Å². The summed E-state index contributed by atoms with van der Waals surface area (Å²) in [6.07, 6.45) is 3.08. The lowest BCUT2D eigenvalue weighted by molar-refractivity contribution is -0.157. The molecule has 3 saturated heterocycles. The van der Waals surface area contributed by atoms with Crippen LogP contribution < -0.4 is 21.1 Å². The van der Waals surface area contributed by atoms with Gasteiger partial charge >= 0.3 is 0 Å². The molecule has 0 saturated carbocycles. The van der Waals surface area contributed by atoms with E-state index in [-0.39, 0.29) is 29.4 Å². The van der Waals surface area contributed by atoms with Crippen LogP contribution in [0.3, 0.4) is 0 Å². The third kappa shape index (κ3) is 4.26. The van der Waals surface area contributed by atoms with Crippen LogP contribution in [-0.2, 0) is 21.7 Å². The number of fused-ring (bicyclic) bond motifs is 3. The lowest BCUT2D eigenvalue weighted by atomic mass is 9.88. The van der Waals surface area contributed by atoms with Gasteiger partial charge in [-0.05, 0) is 37.6 Å². The maximum atomic E-state index is 12.0. The van der Waals surface area contributed by atoms with Crippen molar-refractivity contribution in [2.45, 2.75) is 43.8 Å². The number of nitrogens with one attached hydrogen (secondary N) is 1. The second-order valence-electron chi connectivity index (χ2n) is 11.5. The van der Waals surface area contributed by atoms with Crippen LogP contribution in [0.2, 0.25) is 0 Å². The van der Waals surface area contributed by atoms with E-state index in [4.69, 9.17) is 20.2 Å². The van der Waals surface area contributed by atoms with Gasteiger partial charge in [0.15, 0.2) is 0 Å². The summed E-state index contributed by atoms with van der Waals surface area (Å²) in [4.78, 5) is 26.7. The number of morpholine rings is 1. The fourth-order valence-electron chi connectivity index (χ4n) is 6.78. The van der Waals surface area contributed by atoms with Crippen LogP contribution >= 0.6 is 0 Å². The number of nitriles is 1. The van der Waals surface area contributed by atoms with Gasteiger partial charge in [-0.3, -0.25) is 14.7 Å². The van der Waals surface area contributed by atoms with Crippen molar-refractivity contribution in [3.8, 4) is 6.07 Å². The monoisotopic (exact) mass is 527 g/mol. The van der Waals surface area contributed by atoms with E-state index in [0.29, 0.717) is 17.7 Å². The zero-order chi connectivity index (χ0) is 26.7. The minimum atomic E-state index is -0.329. The molecule has 3 unspecified atom stereocenters. The molecule has 1 aromatic carbocycles. The molecular weight excluding hydrogens is 494 g/mol. The first-order chi connectivity index (χ1) is 18.9. The second-order valence-corrected chi connectivity index (χ2v) is 11.5. The Balaban J connectivity index is 1.04. The second kappa shape index (κ2) is 9.31. The Kier molecular flexibility index (Phi) is 5.86. The highest BCUT2D eigenvalue weighted by Gasteiger charge is 2.52. The average Bonchev–Trinajstić information content (AvgIpc) is 3.51. The standard InChI is InChI=1S/C29H33N7O3/c1-18-11-36(25-4-2-19(9-30)27-24(25)3-5-26(37)33-27)14-23(39-18)13-34-16-29(17-34)28-20(15-38-29)8-22(10-32-28)35-7-6-21(31)12-35/h2-5,8,10,18,21,23H,6-7,11-17,31H2,1H3,(H,33,37). The van der Waals surface area contributed by atoms with Crippen molar-refractivity contribution in [3.63, 3.8) is 0 Å². The van der Waals surface area contributed by atoms with E-state index in [0.717, 1.165) is 74.7 Å². The van der Waals surface area contributed by atoms with Crippen LogP contribution in [0.15, 0.2) is 41.3 Å². The van der Waals surface area contributed by atoms with Crippen LogP contribution in [0.5, 0.6) is 0 Å². The number of anilines is 2. The molecule has 1 spiro atoms. The molecule has 202 valence electrons. The molecule has 4 aliphatic rings. The number of rotatable bonds is 4. The zero-order valence-electron chi connectivity index (χ0n) is 22.1. The zero-order valence-corrected chi connectivity index (χ0v) is 22.1. The molecule has 0 amide bonds. The fourth-order valence-corrected chi connectivity index (χ4v) is 6.78. The number of hydrogen-bond acceptors (Lipinski definition) is 9. The predicted molar refractivity (Wildman–Crippen MR) is 148 cm³/mol. The average molecular weight is 528 g/mol. The highest BCUT2D eigenvalue weighted by Crippen LogP contribution is 2.43. The lowest BCUT2D eigenvalue weighted by Crippen LogP contribution is -2.62. The Morgan fingerprint density at radius 3 is 2.87 bits per heavy atom. The van der Waals surface area contributed by atoms with Crippen LogP contribution in [0, 0.1) is 11.3 Å². The van der Waals surface area contributed by atoms with Crippen molar-refractivity contribution in [2.75, 3.05) is 55.6 Å². The predicted octanol–water partition coefficient (Wildman–Crippen LogP) is 1.67. The van der Waals surface area contributed by atoms with E-state index < -0.39 is 0 Å². The van der Waals surface area contributed by atoms with Gasteiger partial charge in [-0.1, -0.05) is 0 Å². The number of aromatic amines is 1. The molecule has 3 fully saturated rings. The highest BCUT2D eigenvalue weighted by molar-refractivity contribution is 5.95. The molecule has 7 rings (SSSR count). The molecule has 0 bridgehead atoms. The van der Waals surface area contributed by atoms with Crippen LogP contribution in [0.1, 0.15) is 30.2 Å². The van der Waals surface area contributed by atoms with Crippen molar-refractivity contribution < 1.29 is 9.47 Å². The Bertz CT molecular complexity index is 1530. The summed E-state index contributed by atoms with van der Waals surface area (Å²) in [6, 6.07) is 11.8. The third-order valence-corrected chi connectivity index (χ3v) is 8.56. The van der Waals surface area contributed by atoms with E-state index in [1.807, 2.05) is 18.3 Å². The molecule has 10 heteroatoms. The van der Waals surface area contributed by atoms with Crippen molar-refractivity contribution >= 4 is 22.3 Å². The molecule has 3 atom stereocenters. The summed E-state index contributed by atoms with van der Waals surface area (Å²) >= 11 is 0. The van der Waals surface area contributed by atoms with Crippen molar-refractivity contribution in [1.82, 2.24) is 14.9 Å². The molecule has 4 aliphatic heterocycles. The largest absolute Gasteiger partial charge is 0.370 e. The van der Waals surface area contributed by atoms with E-state index in [1.54, 1.807) is 6.07 Å². The molecule has 3 N–H and O–H groups in total. The van der Waals surface area contributed by atoms with Crippen molar-refractivity contribution in [1.29, 1.82) is 5.26 Å². The van der Waals surface area contributed by atoms with Gasteiger partial charge in [0.1, 0.15) is 11.7 Å². The minimum absolute atomic E-state index is 0.0233. The number of H-pyrrole nitrogens is 1. The fraction of sp³-hybridized carbons (Fsp3) is 0.483. The Morgan fingerprint density at radius 1 is 1.21 bits per heavy atom. The topological polar surface area (TPSA) is 124 Å². The number of benzene rings is 1. The van der Waals surface area contributed by atoms with Crippen LogP contribution in [0.4, 0.5) is 11.4 Å². The summed E-state index contributed by atoms with van der Waals surface area (Å²) in [5.74, 6) is 0. The molecule has 39 heavy (non-hydrogen) atoms. The molecule has 6 heterocycles. The van der Waals surface area contributed by atoms with Gasteiger partial charge in [-0.15, -0.1) is 0 Å². The van der Waals surface area contributed by atoms with Gasteiger partial charge in [0.25, 0.3) is 0 Å². The first-order valence-electron chi connectivity index (χ1n) is 13.7. The van der Waals surface area contributed by atoms with Crippen molar-refractivity contribution in [2.24, 2.45) is 5.73 Å². The van der Waals surface area contributed by atoms with Gasteiger partial charge in [0, 0.05) is 74.6 Å². The number of ether oxygens (including phenoxy) is 2. The summed E-state index contributed by atoms with van der Waals surface area (Å²) in [7, 11) is 0. The quantitative estimate of drug-likeness (QED) is 0.521.